The third-order valence-corrected chi connectivity index (χ3v) is 10.8. The van der Waals surface area contributed by atoms with Crippen LogP contribution in [0.5, 0.6) is 0 Å². The van der Waals surface area contributed by atoms with Crippen molar-refractivity contribution in [3.63, 3.8) is 0 Å². The van der Waals surface area contributed by atoms with Crippen LogP contribution in [0.2, 0.25) is 0 Å². The lowest BCUT2D eigenvalue weighted by Crippen LogP contribution is -2.50. The Labute approximate surface area is 420 Å². The number of azide groups is 1. The molecule has 3 amide bonds. The Morgan fingerprint density at radius 3 is 0.932 bits per heavy atom. The summed E-state index contributed by atoms with van der Waals surface area (Å²) in [4.78, 5) is 155. The van der Waals surface area contributed by atoms with Gasteiger partial charge in [-0.3, -0.25) is 52.7 Å². The van der Waals surface area contributed by atoms with Crippen LogP contribution in [0.3, 0.4) is 0 Å². The van der Waals surface area contributed by atoms with Crippen LogP contribution in [0.25, 0.3) is 10.4 Å². The molecular weight excluding hydrogens is 1000 g/mol. The third-order valence-electron chi connectivity index (χ3n) is 10.8. The molecule has 0 bridgehead atoms. The predicted molar refractivity (Wildman–Crippen MR) is 233 cm³/mol. The quantitative estimate of drug-likeness (QED) is 0.0342. The average Bonchev–Trinajstić information content (AvgIpc) is 3.99. The van der Waals surface area contributed by atoms with Gasteiger partial charge in [-0.25, -0.2) is 4.79 Å². The van der Waals surface area contributed by atoms with Gasteiger partial charge in [0, 0.05) is 79.9 Å². The molecule has 0 saturated carbocycles. The van der Waals surface area contributed by atoms with Gasteiger partial charge in [-0.05, 0) is 19.4 Å². The smallest absolute Gasteiger partial charge is 0.339 e. The number of nitrogens with zero attached hydrogens (tertiary/aromatic N) is 3. The summed E-state index contributed by atoms with van der Waals surface area (Å²) in [6.07, 6.45) is -25.8. The molecule has 4 rings (SSSR count). The summed E-state index contributed by atoms with van der Waals surface area (Å²) >= 11 is 0. The van der Waals surface area contributed by atoms with E-state index in [4.69, 9.17) is 67.1 Å². The van der Waals surface area contributed by atoms with Gasteiger partial charge < -0.3 is 77.5 Å². The fraction of sp³-hybridized carbons (Fsp3) is 0.721. The second kappa shape index (κ2) is 26.7. The molecule has 3 N–H and O–H groups in total. The van der Waals surface area contributed by atoms with Crippen molar-refractivity contribution in [3.8, 4) is 0 Å². The molecule has 4 heterocycles. The topological polar surface area (TPSA) is 410 Å². The molecule has 31 nitrogen and oxygen atoms in total. The van der Waals surface area contributed by atoms with Crippen molar-refractivity contribution in [2.75, 3.05) is 26.2 Å². The van der Waals surface area contributed by atoms with E-state index < -0.39 is 201 Å². The molecule has 31 heteroatoms. The highest BCUT2D eigenvalue weighted by atomic mass is 16.7. The largest absolute Gasteiger partial charge is 0.461 e. The molecule has 0 radical (unpaired) electrons. The van der Waals surface area contributed by atoms with E-state index in [1.807, 2.05) is 0 Å². The zero-order valence-corrected chi connectivity index (χ0v) is 41.7. The summed E-state index contributed by atoms with van der Waals surface area (Å²) in [5, 5.41) is 10.8. The van der Waals surface area contributed by atoms with Gasteiger partial charge in [0.2, 0.25) is 0 Å². The molecule has 0 unspecified atom stereocenters. The molecule has 74 heavy (non-hydrogen) atoms. The van der Waals surface area contributed by atoms with Gasteiger partial charge in [-0.1, -0.05) is 5.11 Å². The minimum Gasteiger partial charge on any atom is -0.461 e. The lowest BCUT2D eigenvalue weighted by atomic mass is 10.0. The number of hydrogen-bond donors (Lipinski definition) is 3. The van der Waals surface area contributed by atoms with Crippen LogP contribution in [0.1, 0.15) is 69.2 Å². The number of nitrogens with one attached hydrogen (secondary N) is 3. The highest BCUT2D eigenvalue weighted by Gasteiger charge is 2.57. The Morgan fingerprint density at radius 1 is 0.419 bits per heavy atom. The lowest BCUT2D eigenvalue weighted by molar-refractivity contribution is -0.172. The molecule has 4 aliphatic heterocycles. The summed E-state index contributed by atoms with van der Waals surface area (Å²) < 4.78 is 71.4. The number of carbonyl (C=O) groups excluding carboxylic acids is 12. The van der Waals surface area contributed by atoms with Crippen molar-refractivity contribution in [2.45, 2.75) is 173 Å². The molecule has 0 aliphatic carbocycles. The number of hydrogen-bond acceptors (Lipinski definition) is 26. The molecule has 4 aliphatic rings. The molecule has 0 aromatic rings. The minimum atomic E-state index is -1.84. The van der Waals surface area contributed by atoms with Crippen LogP contribution < -0.4 is 16.0 Å². The molecule has 0 spiro atoms. The van der Waals surface area contributed by atoms with Crippen molar-refractivity contribution in [1.82, 2.24) is 16.0 Å². The van der Waals surface area contributed by atoms with Gasteiger partial charge in [0.05, 0.1) is 12.6 Å². The number of esters is 9. The van der Waals surface area contributed by atoms with Crippen LogP contribution in [0, 0.1) is 0 Å². The maximum Gasteiger partial charge on any atom is 0.339 e. The summed E-state index contributed by atoms with van der Waals surface area (Å²) in [6, 6.07) is 0. The Bertz CT molecular complexity index is 2220. The van der Waals surface area contributed by atoms with Crippen molar-refractivity contribution in [2.24, 2.45) is 5.11 Å². The standard InChI is InChI=1S/C43H58N6O25/c1-15(2)62-43(61)39-35(70-23(10)57)30(65-18(5)52)26(74-39)13-47-41(59)37-33(68-21(8)55)28(63-16(3)50)24(72-37)11-45-40(58)36-32(67-20(7)54)29(64-17(4)51)25(71-36)12-46-42(60)38-34(69-22(9)56)31(66-19(6)53)27(73-38)14-48-49-44/h15,24-39H,11-14H2,1-10H3,(H,45,58)(H,46,60)(H,47,59)/t24-,25-,26-,27-,28-,29-,30-,31-,32+,33+,34+,35+,36+,37+,38+,39+/m1/s1. The first kappa shape index (κ1) is 59.4. The Morgan fingerprint density at radius 2 is 0.662 bits per heavy atom. The molecule has 0 aromatic heterocycles. The molecule has 4 fully saturated rings. The summed E-state index contributed by atoms with van der Waals surface area (Å²) in [7, 11) is 0. The number of ether oxygens (including phenoxy) is 13. The van der Waals surface area contributed by atoms with E-state index in [0.29, 0.717) is 0 Å². The average molecular weight is 1060 g/mol. The second-order valence-corrected chi connectivity index (χ2v) is 17.1. The van der Waals surface area contributed by atoms with Gasteiger partial charge in [0.25, 0.3) is 17.7 Å². The van der Waals surface area contributed by atoms with E-state index >= 15 is 0 Å². The molecule has 4 saturated heterocycles. The lowest BCUT2D eigenvalue weighted by Gasteiger charge is -2.25. The monoisotopic (exact) mass is 1060 g/mol. The Kier molecular flexibility index (Phi) is 21.4. The molecule has 410 valence electrons. The highest BCUT2D eigenvalue weighted by Crippen LogP contribution is 2.33. The summed E-state index contributed by atoms with van der Waals surface area (Å²) in [6.45, 7) is 8.80. The van der Waals surface area contributed by atoms with Crippen LogP contribution >= 0.6 is 0 Å². The van der Waals surface area contributed by atoms with Crippen molar-refractivity contribution < 1.29 is 119 Å². The first-order chi connectivity index (χ1) is 34.7. The first-order valence-corrected chi connectivity index (χ1v) is 22.8. The van der Waals surface area contributed by atoms with E-state index in [9.17, 15) is 57.5 Å². The summed E-state index contributed by atoms with van der Waals surface area (Å²) in [5.74, 6) is -11.5. The number of amides is 3. The predicted octanol–water partition coefficient (Wildman–Crippen LogP) is -2.88. The number of carbonyl (C=O) groups is 12. The maximum atomic E-state index is 14.1. The molecule has 0 aromatic carbocycles. The molecule has 16 atom stereocenters. The number of rotatable bonds is 21. The van der Waals surface area contributed by atoms with Crippen LogP contribution in [-0.4, -0.2) is 201 Å². The highest BCUT2D eigenvalue weighted by molar-refractivity contribution is 5.85. The second-order valence-electron chi connectivity index (χ2n) is 17.1. The fourth-order valence-electron chi connectivity index (χ4n) is 8.31. The van der Waals surface area contributed by atoms with Gasteiger partial charge in [-0.2, -0.15) is 0 Å². The van der Waals surface area contributed by atoms with Crippen LogP contribution in [0.4, 0.5) is 0 Å². The zero-order chi connectivity index (χ0) is 55.3. The Balaban J connectivity index is 1.56. The zero-order valence-electron chi connectivity index (χ0n) is 41.7. The normalized spacial score (nSPS) is 30.8. The van der Waals surface area contributed by atoms with E-state index in [1.54, 1.807) is 13.8 Å². The first-order valence-electron chi connectivity index (χ1n) is 22.8. The SMILES string of the molecule is CC(=O)O[C@H]1[C@H](OC(C)=O)[C@@H](CN=[N+]=[N-])O[C@@H]1C(=O)NC[C@H]1O[C@H](C(=O)NC[C@H]2O[C@H](C(=O)NC[C@H]3O[C@H](C(=O)OC(C)C)[C@@H](OC(C)=O)[C@@H]3OC(C)=O)[C@@H](OC(C)=O)[C@@H]2OC(C)=O)[C@@H](OC(C)=O)[C@@H]1OC(C)=O. The van der Waals surface area contributed by atoms with Crippen molar-refractivity contribution in [3.05, 3.63) is 10.4 Å². The van der Waals surface area contributed by atoms with E-state index in [-0.39, 0.29) is 0 Å². The fourth-order valence-corrected chi connectivity index (χ4v) is 8.31. The van der Waals surface area contributed by atoms with Crippen LogP contribution in [0.15, 0.2) is 5.11 Å². The Hall–Kier alpha value is -7.21. The van der Waals surface area contributed by atoms with Crippen LogP contribution in [-0.2, 0) is 119 Å². The van der Waals surface area contributed by atoms with Crippen molar-refractivity contribution in [1.29, 1.82) is 0 Å². The third kappa shape index (κ3) is 16.1. The summed E-state index contributed by atoms with van der Waals surface area (Å²) in [5.41, 5.74) is 8.88. The maximum absolute atomic E-state index is 14.1. The van der Waals surface area contributed by atoms with Gasteiger partial charge in [0.1, 0.15) is 24.4 Å². The van der Waals surface area contributed by atoms with E-state index in [2.05, 4.69) is 26.0 Å². The van der Waals surface area contributed by atoms with Gasteiger partial charge >= 0.3 is 53.7 Å². The van der Waals surface area contributed by atoms with Gasteiger partial charge in [0.15, 0.2) is 73.2 Å². The minimum absolute atomic E-state index is 0.460. The van der Waals surface area contributed by atoms with E-state index in [0.717, 1.165) is 55.4 Å². The molecular formula is C43H58N6O25. The van der Waals surface area contributed by atoms with Gasteiger partial charge in [-0.15, -0.1) is 0 Å². The van der Waals surface area contributed by atoms with E-state index in [1.165, 1.54) is 0 Å². The van der Waals surface area contributed by atoms with Crippen molar-refractivity contribution >= 4 is 71.4 Å².